The lowest BCUT2D eigenvalue weighted by atomic mass is 9.81. The van der Waals surface area contributed by atoms with Crippen molar-refractivity contribution in [3.8, 4) is 17.0 Å². The molecule has 0 amide bonds. The van der Waals surface area contributed by atoms with Crippen molar-refractivity contribution in [2.24, 2.45) is 0 Å². The van der Waals surface area contributed by atoms with Crippen LogP contribution in [0.25, 0.3) is 27.9 Å². The molecule has 2 aliphatic rings. The average molecular weight is 489 g/mol. The van der Waals surface area contributed by atoms with Crippen LogP contribution in [0.4, 0.5) is 0 Å². The van der Waals surface area contributed by atoms with E-state index >= 15 is 0 Å². The van der Waals surface area contributed by atoms with Crippen molar-refractivity contribution >= 4 is 16.7 Å². The molecule has 0 atom stereocenters. The van der Waals surface area contributed by atoms with Crippen molar-refractivity contribution in [2.75, 3.05) is 20.3 Å². The molecular weight excluding hydrogens is 452 g/mol. The smallest absolute Gasteiger partial charge is 0.197 e. The van der Waals surface area contributed by atoms with Crippen LogP contribution in [0.5, 0.6) is 5.75 Å². The van der Waals surface area contributed by atoms with Crippen molar-refractivity contribution < 1.29 is 9.47 Å². The van der Waals surface area contributed by atoms with Crippen molar-refractivity contribution in [2.45, 2.75) is 76.8 Å². The van der Waals surface area contributed by atoms with Gasteiger partial charge in [0.05, 0.1) is 42.6 Å². The van der Waals surface area contributed by atoms with Gasteiger partial charge in [0.25, 0.3) is 0 Å². The molecule has 0 spiro atoms. The van der Waals surface area contributed by atoms with Gasteiger partial charge >= 0.3 is 0 Å². The van der Waals surface area contributed by atoms with Gasteiger partial charge in [-0.25, -0.2) is 9.50 Å². The molecule has 1 aliphatic carbocycles. The molecule has 0 bridgehead atoms. The van der Waals surface area contributed by atoms with Crippen LogP contribution in [0.15, 0.2) is 24.7 Å². The minimum Gasteiger partial charge on any atom is -0.493 e. The molecule has 4 aromatic rings. The lowest BCUT2D eigenvalue weighted by Gasteiger charge is -2.43. The summed E-state index contributed by atoms with van der Waals surface area (Å²) in [6, 6.07) is 4.90. The van der Waals surface area contributed by atoms with E-state index in [1.165, 1.54) is 42.5 Å². The summed E-state index contributed by atoms with van der Waals surface area (Å²) in [5, 5.41) is 8.19. The monoisotopic (exact) mass is 488 g/mol. The molecular formula is C28H36N6O2. The van der Waals surface area contributed by atoms with E-state index < -0.39 is 0 Å². The quantitative estimate of drug-likeness (QED) is 0.392. The first-order valence-electron chi connectivity index (χ1n) is 13.1. The summed E-state index contributed by atoms with van der Waals surface area (Å²) in [5.74, 6) is 1.51. The first kappa shape index (κ1) is 23.4. The van der Waals surface area contributed by atoms with Crippen LogP contribution in [-0.4, -0.2) is 56.5 Å². The third kappa shape index (κ3) is 3.96. The van der Waals surface area contributed by atoms with E-state index in [4.69, 9.17) is 14.5 Å². The summed E-state index contributed by atoms with van der Waals surface area (Å²) in [5.41, 5.74) is 8.90. The number of aryl methyl sites for hydroxylation is 1. The molecule has 0 aromatic carbocycles. The number of methoxy groups -OCH3 is 1. The second kappa shape index (κ2) is 8.85. The van der Waals surface area contributed by atoms with E-state index in [2.05, 4.69) is 54.1 Å². The second-order valence-electron chi connectivity index (χ2n) is 11.2. The van der Waals surface area contributed by atoms with Gasteiger partial charge in [0.15, 0.2) is 11.4 Å². The second-order valence-corrected chi connectivity index (χ2v) is 11.2. The number of aromatic nitrogens is 5. The normalized spacial score (nSPS) is 21.8. The van der Waals surface area contributed by atoms with E-state index in [0.29, 0.717) is 29.3 Å². The Hall–Kier alpha value is -2.97. The Bertz CT molecular complexity index is 1410. The Balaban J connectivity index is 1.35. The Morgan fingerprint density at radius 2 is 1.97 bits per heavy atom. The summed E-state index contributed by atoms with van der Waals surface area (Å²) in [6.07, 6.45) is 8.28. The fraction of sp³-hybridized carbons (Fsp3) is 0.536. The van der Waals surface area contributed by atoms with E-state index in [1.807, 2.05) is 12.3 Å². The maximum absolute atomic E-state index is 5.62. The number of pyridine rings is 2. The Kier molecular flexibility index (Phi) is 5.76. The highest BCUT2D eigenvalue weighted by Crippen LogP contribution is 2.40. The van der Waals surface area contributed by atoms with Crippen LogP contribution in [0.2, 0.25) is 0 Å². The Morgan fingerprint density at radius 1 is 1.19 bits per heavy atom. The Morgan fingerprint density at radius 3 is 2.64 bits per heavy atom. The zero-order valence-electron chi connectivity index (χ0n) is 21.9. The summed E-state index contributed by atoms with van der Waals surface area (Å²) in [7, 11) is 1.67. The fourth-order valence-corrected chi connectivity index (χ4v) is 6.13. The van der Waals surface area contributed by atoms with Crippen molar-refractivity contribution in [1.29, 1.82) is 0 Å². The minimum atomic E-state index is 0.163. The van der Waals surface area contributed by atoms with E-state index in [-0.39, 0.29) is 5.54 Å². The number of ether oxygens (including phenoxy) is 2. The van der Waals surface area contributed by atoms with Crippen LogP contribution < -0.4 is 10.1 Å². The largest absolute Gasteiger partial charge is 0.493 e. The minimum absolute atomic E-state index is 0.163. The topological polar surface area (TPSA) is 89.4 Å². The summed E-state index contributed by atoms with van der Waals surface area (Å²) >= 11 is 0. The van der Waals surface area contributed by atoms with Gasteiger partial charge in [-0.3, -0.25) is 4.98 Å². The fourth-order valence-electron chi connectivity index (χ4n) is 6.13. The lowest BCUT2D eigenvalue weighted by molar-refractivity contribution is -0.0712. The molecule has 5 heterocycles. The molecule has 8 nitrogen and oxygen atoms in total. The standard InChI is InChI=1S/C28H36N6O2/c1-16(2)23-25(19-11-22(35-5)27-29-15-30-34(27)12-19)31-21-10-17(3)24(32-26(21)23)18-6-8-20(9-7-18)33-28(4)13-36-14-28/h10-12,15-16,18,20,31,33H,6-9,13-14H2,1-5H3. The molecule has 2 fully saturated rings. The third-order valence-corrected chi connectivity index (χ3v) is 7.97. The number of rotatable bonds is 6. The summed E-state index contributed by atoms with van der Waals surface area (Å²) < 4.78 is 12.8. The average Bonchev–Trinajstić information content (AvgIpc) is 3.46. The van der Waals surface area contributed by atoms with E-state index in [0.717, 1.165) is 35.5 Å². The number of aromatic amines is 1. The number of H-pyrrole nitrogens is 1. The molecule has 0 radical (unpaired) electrons. The van der Waals surface area contributed by atoms with Crippen molar-refractivity contribution in [3.63, 3.8) is 0 Å². The summed E-state index contributed by atoms with van der Waals surface area (Å²) in [6.45, 7) is 10.6. The predicted octanol–water partition coefficient (Wildman–Crippen LogP) is 5.12. The predicted molar refractivity (Wildman–Crippen MR) is 141 cm³/mol. The molecule has 0 unspecified atom stereocenters. The number of hydrogen-bond acceptors (Lipinski definition) is 6. The zero-order chi connectivity index (χ0) is 25.0. The molecule has 190 valence electrons. The van der Waals surface area contributed by atoms with Crippen molar-refractivity contribution in [3.05, 3.63) is 41.5 Å². The third-order valence-electron chi connectivity index (χ3n) is 7.97. The SMILES string of the molecule is COc1cc(-c2[nH]c3cc(C)c(C4CCC(NC5(C)COC5)CC4)nc3c2C(C)C)cn2ncnc12. The van der Waals surface area contributed by atoms with Gasteiger partial charge in [0.1, 0.15) is 6.33 Å². The highest BCUT2D eigenvalue weighted by Gasteiger charge is 2.36. The van der Waals surface area contributed by atoms with Gasteiger partial charge in [-0.1, -0.05) is 13.8 Å². The van der Waals surface area contributed by atoms with Gasteiger partial charge in [0.2, 0.25) is 0 Å². The van der Waals surface area contributed by atoms with Crippen LogP contribution in [0.1, 0.15) is 75.1 Å². The highest BCUT2D eigenvalue weighted by molar-refractivity contribution is 5.89. The molecule has 2 N–H and O–H groups in total. The van der Waals surface area contributed by atoms with Gasteiger partial charge in [-0.15, -0.1) is 0 Å². The van der Waals surface area contributed by atoms with Crippen LogP contribution in [0.3, 0.4) is 0 Å². The number of fused-ring (bicyclic) bond motifs is 2. The number of hydrogen-bond donors (Lipinski definition) is 2. The van der Waals surface area contributed by atoms with Gasteiger partial charge < -0.3 is 19.8 Å². The van der Waals surface area contributed by atoms with E-state index in [1.54, 1.807) is 18.0 Å². The van der Waals surface area contributed by atoms with E-state index in [9.17, 15) is 0 Å². The molecule has 4 aromatic heterocycles. The zero-order valence-corrected chi connectivity index (χ0v) is 21.9. The molecule has 1 saturated carbocycles. The van der Waals surface area contributed by atoms with Gasteiger partial charge in [-0.05, 0) is 63.1 Å². The maximum atomic E-state index is 5.62. The highest BCUT2D eigenvalue weighted by atomic mass is 16.5. The lowest BCUT2D eigenvalue weighted by Crippen LogP contribution is -2.61. The Labute approximate surface area is 211 Å². The molecule has 1 aliphatic heterocycles. The molecule has 36 heavy (non-hydrogen) atoms. The first-order valence-corrected chi connectivity index (χ1v) is 13.1. The van der Waals surface area contributed by atoms with Crippen LogP contribution in [-0.2, 0) is 4.74 Å². The van der Waals surface area contributed by atoms with Crippen molar-refractivity contribution in [1.82, 2.24) is 29.9 Å². The molecule has 1 saturated heterocycles. The molecule has 6 rings (SSSR count). The number of nitrogens with one attached hydrogen (secondary N) is 2. The van der Waals surface area contributed by atoms with Gasteiger partial charge in [-0.2, -0.15) is 5.10 Å². The van der Waals surface area contributed by atoms with Crippen LogP contribution in [0, 0.1) is 6.92 Å². The maximum Gasteiger partial charge on any atom is 0.197 e. The number of nitrogens with zero attached hydrogens (tertiary/aromatic N) is 4. The van der Waals surface area contributed by atoms with Gasteiger partial charge in [0, 0.05) is 35.0 Å². The van der Waals surface area contributed by atoms with Crippen LogP contribution >= 0.6 is 0 Å². The summed E-state index contributed by atoms with van der Waals surface area (Å²) in [4.78, 5) is 13.4. The first-order chi connectivity index (χ1) is 17.3. The molecule has 8 heteroatoms.